The number of allylic oxidation sites excluding steroid dienone is 4. The highest BCUT2D eigenvalue weighted by Gasteiger charge is 1.81. The van der Waals surface area contributed by atoms with Gasteiger partial charge in [0.05, 0.1) is 0 Å². The van der Waals surface area contributed by atoms with Crippen molar-refractivity contribution in [2.24, 2.45) is 5.73 Å². The lowest BCUT2D eigenvalue weighted by atomic mass is 10.3. The average molecular weight is 158 g/mol. The van der Waals surface area contributed by atoms with E-state index in [2.05, 4.69) is 6.58 Å². The van der Waals surface area contributed by atoms with E-state index in [1.165, 1.54) is 0 Å². The van der Waals surface area contributed by atoms with Gasteiger partial charge in [-0.25, -0.2) is 0 Å². The second-order valence-electron chi connectivity index (χ2n) is 1.97. The van der Waals surface area contributed by atoms with Crippen molar-refractivity contribution in [3.63, 3.8) is 0 Å². The molecule has 0 aromatic carbocycles. The highest BCUT2D eigenvalue weighted by Crippen LogP contribution is 2.02. The summed E-state index contributed by atoms with van der Waals surface area (Å²) in [6.45, 7) is 6.02. The minimum absolute atomic E-state index is 0.567. The summed E-state index contributed by atoms with van der Waals surface area (Å²) in [6.07, 6.45) is 5.24. The molecule has 0 bridgehead atoms. The second kappa shape index (κ2) is 5.27. The van der Waals surface area contributed by atoms with Crippen molar-refractivity contribution in [2.45, 2.75) is 6.92 Å². The van der Waals surface area contributed by atoms with Crippen molar-refractivity contribution in [1.29, 1.82) is 0 Å². The standard InChI is InChI=1S/C8H12ClN/c1-3-8(9)5-4-7(2)6-10/h3-5H,1,6,10H2,2H3/b7-4+,8-5+. The van der Waals surface area contributed by atoms with Crippen LogP contribution in [0.3, 0.4) is 0 Å². The smallest absolute Gasteiger partial charge is 0.0400 e. The van der Waals surface area contributed by atoms with Crippen LogP contribution < -0.4 is 5.73 Å². The zero-order chi connectivity index (χ0) is 7.98. The summed E-state index contributed by atoms with van der Waals surface area (Å²) in [6, 6.07) is 0. The topological polar surface area (TPSA) is 26.0 Å². The average Bonchev–Trinajstić information content (AvgIpc) is 1.99. The zero-order valence-electron chi connectivity index (χ0n) is 6.10. The molecule has 0 aliphatic carbocycles. The zero-order valence-corrected chi connectivity index (χ0v) is 6.86. The third-order valence-corrected chi connectivity index (χ3v) is 1.32. The Hall–Kier alpha value is -0.530. The van der Waals surface area contributed by atoms with Gasteiger partial charge in [0.2, 0.25) is 0 Å². The van der Waals surface area contributed by atoms with E-state index in [4.69, 9.17) is 17.3 Å². The first-order valence-electron chi connectivity index (χ1n) is 3.06. The molecule has 0 amide bonds. The minimum Gasteiger partial charge on any atom is -0.327 e. The maximum atomic E-state index is 5.62. The molecule has 1 nitrogen and oxygen atoms in total. The summed E-state index contributed by atoms with van der Waals surface area (Å²) in [5.41, 5.74) is 6.43. The lowest BCUT2D eigenvalue weighted by Crippen LogP contribution is -1.98. The molecule has 2 heteroatoms. The van der Waals surface area contributed by atoms with Crippen LogP contribution in [0.5, 0.6) is 0 Å². The number of nitrogens with two attached hydrogens (primary N) is 1. The van der Waals surface area contributed by atoms with Gasteiger partial charge in [-0.15, -0.1) is 0 Å². The molecule has 0 saturated heterocycles. The Labute approximate surface area is 66.9 Å². The first-order chi connectivity index (χ1) is 4.70. The van der Waals surface area contributed by atoms with Crippen molar-refractivity contribution in [2.75, 3.05) is 6.54 Å². The summed E-state index contributed by atoms with van der Waals surface area (Å²) in [5, 5.41) is 0.632. The lowest BCUT2D eigenvalue weighted by molar-refractivity contribution is 1.14. The van der Waals surface area contributed by atoms with Crippen molar-refractivity contribution >= 4 is 11.6 Å². The van der Waals surface area contributed by atoms with Gasteiger partial charge in [-0.2, -0.15) is 0 Å². The van der Waals surface area contributed by atoms with Crippen LogP contribution in [0.15, 0.2) is 35.4 Å². The van der Waals surface area contributed by atoms with Crippen molar-refractivity contribution in [3.8, 4) is 0 Å². The molecule has 0 unspecified atom stereocenters. The van der Waals surface area contributed by atoms with E-state index in [0.717, 1.165) is 5.57 Å². The van der Waals surface area contributed by atoms with Gasteiger partial charge in [0.25, 0.3) is 0 Å². The maximum Gasteiger partial charge on any atom is 0.0400 e. The number of rotatable bonds is 3. The third kappa shape index (κ3) is 4.36. The third-order valence-electron chi connectivity index (χ3n) is 1.04. The SMILES string of the molecule is C=C/C(Cl)=C\C=C(/C)CN. The number of hydrogen-bond acceptors (Lipinski definition) is 1. The van der Waals surface area contributed by atoms with Crippen LogP contribution in [0.1, 0.15) is 6.92 Å². The molecular weight excluding hydrogens is 146 g/mol. The van der Waals surface area contributed by atoms with E-state index >= 15 is 0 Å². The Morgan fingerprint density at radius 3 is 2.60 bits per heavy atom. The Balaban J connectivity index is 4.03. The monoisotopic (exact) mass is 157 g/mol. The fourth-order valence-corrected chi connectivity index (χ4v) is 0.421. The van der Waals surface area contributed by atoms with Crippen molar-refractivity contribution in [3.05, 3.63) is 35.4 Å². The van der Waals surface area contributed by atoms with Gasteiger partial charge in [-0.05, 0) is 13.0 Å². The Bertz CT molecular complexity index is 168. The molecule has 0 aliphatic rings. The fraction of sp³-hybridized carbons (Fsp3) is 0.250. The van der Waals surface area contributed by atoms with Gasteiger partial charge in [0, 0.05) is 11.6 Å². The maximum absolute atomic E-state index is 5.62. The molecule has 0 saturated carbocycles. The van der Waals surface area contributed by atoms with Crippen LogP contribution >= 0.6 is 11.6 Å². The number of hydrogen-bond donors (Lipinski definition) is 1. The molecule has 2 N–H and O–H groups in total. The second-order valence-corrected chi connectivity index (χ2v) is 2.41. The summed E-state index contributed by atoms with van der Waals surface area (Å²) < 4.78 is 0. The van der Waals surface area contributed by atoms with E-state index in [-0.39, 0.29) is 0 Å². The van der Waals surface area contributed by atoms with Crippen LogP contribution in [0.4, 0.5) is 0 Å². The number of halogens is 1. The predicted octanol–water partition coefficient (Wildman–Crippen LogP) is 2.20. The summed E-state index contributed by atoms with van der Waals surface area (Å²) in [7, 11) is 0. The first kappa shape index (κ1) is 9.47. The van der Waals surface area contributed by atoms with Crippen LogP contribution in [-0.2, 0) is 0 Å². The van der Waals surface area contributed by atoms with Gasteiger partial charge in [0.1, 0.15) is 0 Å². The lowest BCUT2D eigenvalue weighted by Gasteiger charge is -1.89. The normalized spacial score (nSPS) is 13.5. The molecule has 0 atom stereocenters. The molecule has 0 aromatic rings. The molecule has 0 heterocycles. The van der Waals surface area contributed by atoms with E-state index < -0.39 is 0 Å². The van der Waals surface area contributed by atoms with E-state index in [1.807, 2.05) is 13.0 Å². The molecule has 0 aromatic heterocycles. The van der Waals surface area contributed by atoms with Crippen LogP contribution in [0, 0.1) is 0 Å². The molecule has 0 rings (SSSR count). The Morgan fingerprint density at radius 1 is 1.60 bits per heavy atom. The molecule has 0 aliphatic heterocycles. The molecule has 0 spiro atoms. The highest BCUT2D eigenvalue weighted by molar-refractivity contribution is 6.31. The van der Waals surface area contributed by atoms with E-state index in [9.17, 15) is 0 Å². The van der Waals surface area contributed by atoms with E-state index in [0.29, 0.717) is 11.6 Å². The minimum atomic E-state index is 0.567. The van der Waals surface area contributed by atoms with Crippen molar-refractivity contribution < 1.29 is 0 Å². The van der Waals surface area contributed by atoms with Gasteiger partial charge >= 0.3 is 0 Å². The summed E-state index contributed by atoms with van der Waals surface area (Å²) >= 11 is 5.62. The van der Waals surface area contributed by atoms with Gasteiger partial charge in [-0.1, -0.05) is 35.9 Å². The van der Waals surface area contributed by atoms with Crippen LogP contribution in [-0.4, -0.2) is 6.54 Å². The summed E-state index contributed by atoms with van der Waals surface area (Å²) in [4.78, 5) is 0. The Morgan fingerprint density at radius 2 is 2.20 bits per heavy atom. The van der Waals surface area contributed by atoms with Gasteiger partial charge in [0.15, 0.2) is 0 Å². The molecular formula is C8H12ClN. The molecule has 0 fully saturated rings. The van der Waals surface area contributed by atoms with E-state index in [1.54, 1.807) is 12.2 Å². The quantitative estimate of drug-likeness (QED) is 0.625. The molecule has 56 valence electrons. The Kier molecular flexibility index (Phi) is 4.99. The van der Waals surface area contributed by atoms with Crippen molar-refractivity contribution in [1.82, 2.24) is 0 Å². The molecule has 0 radical (unpaired) electrons. The first-order valence-corrected chi connectivity index (χ1v) is 3.44. The predicted molar refractivity (Wildman–Crippen MR) is 46.9 cm³/mol. The fourth-order valence-electron chi connectivity index (χ4n) is 0.358. The highest BCUT2D eigenvalue weighted by atomic mass is 35.5. The summed E-state index contributed by atoms with van der Waals surface area (Å²) in [5.74, 6) is 0. The van der Waals surface area contributed by atoms with Gasteiger partial charge < -0.3 is 5.73 Å². The van der Waals surface area contributed by atoms with Crippen LogP contribution in [0.25, 0.3) is 0 Å². The van der Waals surface area contributed by atoms with Crippen LogP contribution in [0.2, 0.25) is 0 Å². The largest absolute Gasteiger partial charge is 0.327 e. The molecule has 10 heavy (non-hydrogen) atoms. The van der Waals surface area contributed by atoms with Gasteiger partial charge in [-0.3, -0.25) is 0 Å².